The highest BCUT2D eigenvalue weighted by molar-refractivity contribution is 4.96. The predicted octanol–water partition coefficient (Wildman–Crippen LogP) is 6.53. The van der Waals surface area contributed by atoms with Crippen LogP contribution in [0.25, 0.3) is 0 Å². The molecule has 0 aromatic carbocycles. The molecule has 0 aromatic heterocycles. The summed E-state index contributed by atoms with van der Waals surface area (Å²) in [6.45, 7) is 9.26. The largest absolute Gasteiger partial charge is 0.356 e. The Bertz CT molecular complexity index is 288. The van der Waals surface area contributed by atoms with Crippen molar-refractivity contribution in [1.82, 2.24) is 9.80 Å². The van der Waals surface area contributed by atoms with E-state index in [-0.39, 0.29) is 0 Å². The number of nitrogens with zero attached hydrogens (tertiary/aromatic N) is 2. The van der Waals surface area contributed by atoms with Crippen molar-refractivity contribution in [3.63, 3.8) is 0 Å². The first kappa shape index (κ1) is 20.4. The van der Waals surface area contributed by atoms with Crippen molar-refractivity contribution in [2.45, 2.75) is 110 Å². The van der Waals surface area contributed by atoms with Gasteiger partial charge in [0, 0.05) is 25.5 Å². The van der Waals surface area contributed by atoms with Gasteiger partial charge in [0.2, 0.25) is 0 Å². The van der Waals surface area contributed by atoms with Crippen LogP contribution in [-0.2, 0) is 0 Å². The van der Waals surface area contributed by atoms with Crippen molar-refractivity contribution in [3.05, 3.63) is 12.4 Å². The van der Waals surface area contributed by atoms with E-state index >= 15 is 0 Å². The molecule has 1 atom stereocenters. The van der Waals surface area contributed by atoms with Crippen molar-refractivity contribution in [2.24, 2.45) is 0 Å². The van der Waals surface area contributed by atoms with Crippen molar-refractivity contribution in [2.75, 3.05) is 13.1 Å². The molecule has 0 saturated carbocycles. The summed E-state index contributed by atoms with van der Waals surface area (Å²) in [5, 5.41) is 0. The molecule has 0 aromatic rings. The Morgan fingerprint density at radius 2 is 1.13 bits per heavy atom. The van der Waals surface area contributed by atoms with Crippen molar-refractivity contribution < 1.29 is 0 Å². The first-order chi connectivity index (χ1) is 11.3. The summed E-state index contributed by atoms with van der Waals surface area (Å²) in [7, 11) is 0. The van der Waals surface area contributed by atoms with Crippen molar-refractivity contribution in [3.8, 4) is 0 Å². The zero-order valence-corrected chi connectivity index (χ0v) is 16.2. The monoisotopic (exact) mass is 322 g/mol. The lowest BCUT2D eigenvalue weighted by atomic mass is 10.1. The SMILES string of the molecule is CCCCCCCCCCC1N(CC)C=CN1CCCCCC. The van der Waals surface area contributed by atoms with E-state index in [4.69, 9.17) is 0 Å². The van der Waals surface area contributed by atoms with Gasteiger partial charge in [-0.25, -0.2) is 0 Å². The molecule has 0 aliphatic carbocycles. The van der Waals surface area contributed by atoms with E-state index in [1.165, 1.54) is 90.0 Å². The first-order valence-electron chi connectivity index (χ1n) is 10.5. The van der Waals surface area contributed by atoms with E-state index in [1.54, 1.807) is 0 Å². The molecule has 0 N–H and O–H groups in total. The maximum atomic E-state index is 2.60. The van der Waals surface area contributed by atoms with Gasteiger partial charge < -0.3 is 9.80 Å². The molecule has 0 spiro atoms. The zero-order valence-electron chi connectivity index (χ0n) is 16.2. The Labute approximate surface area is 146 Å². The summed E-state index contributed by atoms with van der Waals surface area (Å²) in [4.78, 5) is 5.13. The molecule has 0 amide bonds. The van der Waals surface area contributed by atoms with Gasteiger partial charge in [-0.1, -0.05) is 78.1 Å². The van der Waals surface area contributed by atoms with Crippen LogP contribution in [0.15, 0.2) is 12.4 Å². The van der Waals surface area contributed by atoms with Crippen LogP contribution in [0.5, 0.6) is 0 Å². The summed E-state index contributed by atoms with van der Waals surface area (Å²) < 4.78 is 0. The second-order valence-electron chi connectivity index (χ2n) is 7.17. The Balaban J connectivity index is 2.14. The summed E-state index contributed by atoms with van der Waals surface area (Å²) >= 11 is 0. The van der Waals surface area contributed by atoms with E-state index in [0.29, 0.717) is 6.17 Å². The molecule has 2 heteroatoms. The van der Waals surface area contributed by atoms with E-state index in [2.05, 4.69) is 43.0 Å². The van der Waals surface area contributed by atoms with Crippen LogP contribution < -0.4 is 0 Å². The molecule has 0 fully saturated rings. The molecule has 1 aliphatic heterocycles. The highest BCUT2D eigenvalue weighted by Gasteiger charge is 2.23. The van der Waals surface area contributed by atoms with Gasteiger partial charge in [0.05, 0.1) is 0 Å². The lowest BCUT2D eigenvalue weighted by molar-refractivity contribution is 0.142. The summed E-state index contributed by atoms with van der Waals surface area (Å²) in [6.07, 6.45) is 23.5. The van der Waals surface area contributed by atoms with E-state index in [1.807, 2.05) is 0 Å². The Morgan fingerprint density at radius 3 is 1.74 bits per heavy atom. The number of hydrogen-bond acceptors (Lipinski definition) is 2. The third kappa shape index (κ3) is 8.67. The van der Waals surface area contributed by atoms with Crippen LogP contribution in [0, 0.1) is 0 Å². The van der Waals surface area contributed by atoms with Crippen LogP contribution >= 0.6 is 0 Å². The molecule has 0 radical (unpaired) electrons. The molecule has 2 nitrogen and oxygen atoms in total. The fourth-order valence-electron chi connectivity index (χ4n) is 3.61. The van der Waals surface area contributed by atoms with Crippen LogP contribution in [0.3, 0.4) is 0 Å². The number of rotatable bonds is 15. The Kier molecular flexibility index (Phi) is 12.2. The Hall–Kier alpha value is -0.660. The summed E-state index contributed by atoms with van der Waals surface area (Å²) in [5.74, 6) is 0. The minimum atomic E-state index is 0.640. The molecule has 23 heavy (non-hydrogen) atoms. The summed E-state index contributed by atoms with van der Waals surface area (Å²) in [5.41, 5.74) is 0. The fraction of sp³-hybridized carbons (Fsp3) is 0.905. The average Bonchev–Trinajstić information content (AvgIpc) is 2.96. The second kappa shape index (κ2) is 13.7. The van der Waals surface area contributed by atoms with E-state index in [0.717, 1.165) is 6.54 Å². The molecule has 0 bridgehead atoms. The van der Waals surface area contributed by atoms with Gasteiger partial charge in [-0.05, 0) is 26.2 Å². The fourth-order valence-corrected chi connectivity index (χ4v) is 3.61. The first-order valence-corrected chi connectivity index (χ1v) is 10.5. The maximum Gasteiger partial charge on any atom is 0.101 e. The Morgan fingerprint density at radius 1 is 0.609 bits per heavy atom. The molecule has 1 heterocycles. The zero-order chi connectivity index (χ0) is 16.8. The van der Waals surface area contributed by atoms with Crippen molar-refractivity contribution in [1.29, 1.82) is 0 Å². The van der Waals surface area contributed by atoms with Gasteiger partial charge >= 0.3 is 0 Å². The minimum Gasteiger partial charge on any atom is -0.356 e. The molecular weight excluding hydrogens is 280 g/mol. The molecule has 1 aliphatic rings. The van der Waals surface area contributed by atoms with Crippen LogP contribution in [0.2, 0.25) is 0 Å². The highest BCUT2D eigenvalue weighted by Crippen LogP contribution is 2.22. The smallest absolute Gasteiger partial charge is 0.101 e. The minimum absolute atomic E-state index is 0.640. The van der Waals surface area contributed by atoms with E-state index in [9.17, 15) is 0 Å². The quantitative estimate of drug-likeness (QED) is 0.316. The molecule has 1 rings (SSSR count). The molecular formula is C21H42N2. The summed E-state index contributed by atoms with van der Waals surface area (Å²) in [6, 6.07) is 0. The van der Waals surface area contributed by atoms with Gasteiger partial charge in [-0.3, -0.25) is 0 Å². The highest BCUT2D eigenvalue weighted by atomic mass is 15.4. The van der Waals surface area contributed by atoms with Gasteiger partial charge in [-0.2, -0.15) is 0 Å². The molecule has 0 saturated heterocycles. The maximum absolute atomic E-state index is 2.60. The van der Waals surface area contributed by atoms with Gasteiger partial charge in [0.1, 0.15) is 6.17 Å². The average molecular weight is 323 g/mol. The van der Waals surface area contributed by atoms with Crippen LogP contribution in [-0.4, -0.2) is 29.1 Å². The third-order valence-electron chi connectivity index (χ3n) is 5.17. The normalized spacial score (nSPS) is 17.4. The topological polar surface area (TPSA) is 6.48 Å². The lowest BCUT2D eigenvalue weighted by Crippen LogP contribution is -2.38. The molecule has 136 valence electrons. The van der Waals surface area contributed by atoms with Crippen LogP contribution in [0.1, 0.15) is 104 Å². The number of unbranched alkanes of at least 4 members (excludes halogenated alkanes) is 10. The van der Waals surface area contributed by atoms with E-state index < -0.39 is 0 Å². The standard InChI is InChI=1S/C21H42N2/c1-4-7-9-11-12-13-14-15-17-21-22(6-3)19-20-23(21)18-16-10-8-5-2/h19-21H,4-18H2,1-3H3. The predicted molar refractivity (Wildman–Crippen MR) is 103 cm³/mol. The van der Waals surface area contributed by atoms with Crippen LogP contribution in [0.4, 0.5) is 0 Å². The lowest BCUT2D eigenvalue weighted by Gasteiger charge is -2.32. The van der Waals surface area contributed by atoms with Gasteiger partial charge in [0.15, 0.2) is 0 Å². The van der Waals surface area contributed by atoms with Gasteiger partial charge in [-0.15, -0.1) is 0 Å². The second-order valence-corrected chi connectivity index (χ2v) is 7.17. The van der Waals surface area contributed by atoms with Crippen molar-refractivity contribution >= 4 is 0 Å². The molecule has 1 unspecified atom stereocenters. The van der Waals surface area contributed by atoms with Gasteiger partial charge in [0.25, 0.3) is 0 Å². The third-order valence-corrected chi connectivity index (χ3v) is 5.17. The number of hydrogen-bond donors (Lipinski definition) is 0.